The summed E-state index contributed by atoms with van der Waals surface area (Å²) in [6.07, 6.45) is 0. The molecular formula is C55H32N4OS. The van der Waals surface area contributed by atoms with E-state index < -0.39 is 0 Å². The van der Waals surface area contributed by atoms with Gasteiger partial charge in [0.05, 0.1) is 11.0 Å². The lowest BCUT2D eigenvalue weighted by atomic mass is 9.99. The Bertz CT molecular complexity index is 3880. The zero-order valence-electron chi connectivity index (χ0n) is 32.6. The van der Waals surface area contributed by atoms with Crippen molar-refractivity contribution in [1.82, 2.24) is 19.5 Å². The third-order valence-electron chi connectivity index (χ3n) is 12.1. The Morgan fingerprint density at radius 1 is 0.377 bits per heavy atom. The molecule has 4 heterocycles. The van der Waals surface area contributed by atoms with E-state index in [4.69, 9.17) is 19.4 Å². The van der Waals surface area contributed by atoms with Gasteiger partial charge >= 0.3 is 0 Å². The lowest BCUT2D eigenvalue weighted by molar-refractivity contribution is 0.669. The molecule has 0 aliphatic heterocycles. The summed E-state index contributed by atoms with van der Waals surface area (Å²) >= 11 is 1.80. The smallest absolute Gasteiger partial charge is 0.238 e. The van der Waals surface area contributed by atoms with Crippen LogP contribution in [0.2, 0.25) is 0 Å². The predicted molar refractivity (Wildman–Crippen MR) is 254 cm³/mol. The largest absolute Gasteiger partial charge is 0.456 e. The maximum absolute atomic E-state index is 6.36. The van der Waals surface area contributed by atoms with Crippen molar-refractivity contribution in [2.75, 3.05) is 0 Å². The van der Waals surface area contributed by atoms with Gasteiger partial charge in [0.2, 0.25) is 5.95 Å². The highest BCUT2D eigenvalue weighted by atomic mass is 32.1. The predicted octanol–water partition coefficient (Wildman–Crippen LogP) is 15.1. The minimum absolute atomic E-state index is 0.569. The van der Waals surface area contributed by atoms with Crippen molar-refractivity contribution >= 4 is 86.0 Å². The van der Waals surface area contributed by atoms with Crippen molar-refractivity contribution in [3.63, 3.8) is 0 Å². The topological polar surface area (TPSA) is 56.7 Å². The van der Waals surface area contributed by atoms with Crippen LogP contribution in [0.5, 0.6) is 0 Å². The fraction of sp³-hybridized carbons (Fsp3) is 0. The van der Waals surface area contributed by atoms with Crippen LogP contribution in [0, 0.1) is 0 Å². The van der Waals surface area contributed by atoms with E-state index in [2.05, 4.69) is 180 Å². The maximum Gasteiger partial charge on any atom is 0.238 e. The van der Waals surface area contributed by atoms with Gasteiger partial charge in [-0.2, -0.15) is 9.97 Å². The van der Waals surface area contributed by atoms with Crippen LogP contribution in [0.3, 0.4) is 0 Å². The minimum Gasteiger partial charge on any atom is -0.456 e. The molecule has 0 aliphatic rings. The summed E-state index contributed by atoms with van der Waals surface area (Å²) in [7, 11) is 0. The number of aromatic nitrogens is 4. The van der Waals surface area contributed by atoms with Gasteiger partial charge in [0.15, 0.2) is 11.6 Å². The van der Waals surface area contributed by atoms with Crippen LogP contribution < -0.4 is 0 Å². The van der Waals surface area contributed by atoms with E-state index in [0.717, 1.165) is 82.3 Å². The number of nitrogens with zero attached hydrogens (tertiary/aromatic N) is 4. The zero-order valence-corrected chi connectivity index (χ0v) is 33.4. The molecule has 0 bridgehead atoms. The number of furan rings is 1. The Balaban J connectivity index is 1.06. The molecular weight excluding hydrogens is 765 g/mol. The van der Waals surface area contributed by atoms with Gasteiger partial charge in [0, 0.05) is 52.8 Å². The lowest BCUT2D eigenvalue weighted by Crippen LogP contribution is -2.06. The summed E-state index contributed by atoms with van der Waals surface area (Å²) in [4.78, 5) is 16.1. The molecule has 0 atom stereocenters. The summed E-state index contributed by atoms with van der Waals surface area (Å²) in [5.74, 6) is 1.84. The van der Waals surface area contributed by atoms with Crippen LogP contribution in [0.15, 0.2) is 199 Å². The van der Waals surface area contributed by atoms with Gasteiger partial charge < -0.3 is 4.42 Å². The molecule has 0 unspecified atom stereocenters. The van der Waals surface area contributed by atoms with Crippen LogP contribution in [-0.2, 0) is 0 Å². The van der Waals surface area contributed by atoms with Crippen LogP contribution >= 0.6 is 11.3 Å². The number of para-hydroxylation sites is 1. The van der Waals surface area contributed by atoms with Crippen LogP contribution in [0.1, 0.15) is 0 Å². The van der Waals surface area contributed by atoms with E-state index in [1.165, 1.54) is 25.7 Å². The Morgan fingerprint density at radius 2 is 0.967 bits per heavy atom. The quantitative estimate of drug-likeness (QED) is 0.174. The van der Waals surface area contributed by atoms with Crippen molar-refractivity contribution in [1.29, 1.82) is 0 Å². The molecule has 13 aromatic rings. The fourth-order valence-corrected chi connectivity index (χ4v) is 10.4. The number of hydrogen-bond acceptors (Lipinski definition) is 5. The molecule has 0 fully saturated rings. The maximum atomic E-state index is 6.36. The molecule has 13 rings (SSSR count). The highest BCUT2D eigenvalue weighted by molar-refractivity contribution is 7.26. The van der Waals surface area contributed by atoms with Crippen molar-refractivity contribution in [3.05, 3.63) is 194 Å². The summed E-state index contributed by atoms with van der Waals surface area (Å²) in [5, 5.41) is 9.15. The molecule has 0 saturated carbocycles. The highest BCUT2D eigenvalue weighted by Gasteiger charge is 2.22. The standard InChI is InChI=1S/C55H32N4OS/c1-3-13-33(14-4-1)35-24-27-48-43(29-35)44-30-36(25-28-49(44)60-48)37-23-26-41-40-19-9-11-21-46(40)59(47(41)32-37)55-57-53(34-15-5-2-6-16-34)56-54(58-55)51-39-18-8-7-17-38(39)31-45-42-20-10-12-22-50(42)61-52(45)51/h1-32H. The van der Waals surface area contributed by atoms with E-state index in [1.807, 2.05) is 18.2 Å². The third kappa shape index (κ3) is 5.36. The molecule has 0 saturated heterocycles. The Labute approximate surface area is 353 Å². The number of thiophene rings is 1. The van der Waals surface area contributed by atoms with Crippen LogP contribution in [-0.4, -0.2) is 19.5 Å². The summed E-state index contributed by atoms with van der Waals surface area (Å²) in [6.45, 7) is 0. The van der Waals surface area contributed by atoms with Gasteiger partial charge in [-0.25, -0.2) is 4.98 Å². The van der Waals surface area contributed by atoms with Crippen LogP contribution in [0.4, 0.5) is 0 Å². The highest BCUT2D eigenvalue weighted by Crippen LogP contribution is 2.44. The van der Waals surface area contributed by atoms with E-state index in [-0.39, 0.29) is 0 Å². The molecule has 5 nitrogen and oxygen atoms in total. The van der Waals surface area contributed by atoms with E-state index in [9.17, 15) is 0 Å². The Hall–Kier alpha value is -7.93. The van der Waals surface area contributed by atoms with Crippen molar-refractivity contribution in [2.24, 2.45) is 0 Å². The first-order chi connectivity index (χ1) is 30.2. The second-order valence-electron chi connectivity index (χ2n) is 15.6. The van der Waals surface area contributed by atoms with E-state index in [0.29, 0.717) is 17.6 Å². The number of fused-ring (bicyclic) bond motifs is 10. The minimum atomic E-state index is 0.569. The number of benzene rings is 9. The number of hydrogen-bond donors (Lipinski definition) is 0. The molecule has 284 valence electrons. The first-order valence-corrected chi connectivity index (χ1v) is 21.2. The second kappa shape index (κ2) is 13.3. The van der Waals surface area contributed by atoms with Crippen LogP contribution in [0.25, 0.3) is 126 Å². The summed E-state index contributed by atoms with van der Waals surface area (Å²) in [5.41, 5.74) is 10.3. The van der Waals surface area contributed by atoms with Gasteiger partial charge in [-0.3, -0.25) is 4.57 Å². The zero-order chi connectivity index (χ0) is 40.0. The summed E-state index contributed by atoms with van der Waals surface area (Å²) < 4.78 is 11.0. The first kappa shape index (κ1) is 34.0. The molecule has 0 spiro atoms. The molecule has 0 radical (unpaired) electrons. The average Bonchev–Trinajstić information content (AvgIpc) is 3.99. The van der Waals surface area contributed by atoms with Gasteiger partial charge in [0.25, 0.3) is 0 Å². The van der Waals surface area contributed by atoms with Crippen molar-refractivity contribution < 1.29 is 4.42 Å². The third-order valence-corrected chi connectivity index (χ3v) is 13.3. The second-order valence-corrected chi connectivity index (χ2v) is 16.6. The van der Waals surface area contributed by atoms with Gasteiger partial charge in [-0.05, 0) is 81.6 Å². The molecule has 4 aromatic heterocycles. The lowest BCUT2D eigenvalue weighted by Gasteiger charge is -2.13. The molecule has 0 amide bonds. The van der Waals surface area contributed by atoms with Gasteiger partial charge in [0.1, 0.15) is 11.2 Å². The molecule has 9 aromatic carbocycles. The van der Waals surface area contributed by atoms with E-state index >= 15 is 0 Å². The van der Waals surface area contributed by atoms with Crippen molar-refractivity contribution in [2.45, 2.75) is 0 Å². The van der Waals surface area contributed by atoms with Gasteiger partial charge in [-0.1, -0.05) is 146 Å². The SMILES string of the molecule is c1ccc(-c2ccc3oc4ccc(-c5ccc6c7ccccc7n(-c7nc(-c8ccccc8)nc(-c8c9ccccc9cc9c8sc8ccccc89)n7)c6c5)cc4c3c2)cc1. The average molecular weight is 797 g/mol. The normalized spacial score (nSPS) is 11.9. The van der Waals surface area contributed by atoms with Crippen molar-refractivity contribution in [3.8, 4) is 51.0 Å². The first-order valence-electron chi connectivity index (χ1n) is 20.4. The Kier molecular flexibility index (Phi) is 7.41. The summed E-state index contributed by atoms with van der Waals surface area (Å²) in [6, 6.07) is 68.5. The van der Waals surface area contributed by atoms with Gasteiger partial charge in [-0.15, -0.1) is 11.3 Å². The molecule has 61 heavy (non-hydrogen) atoms. The molecule has 6 heteroatoms. The Morgan fingerprint density at radius 3 is 1.75 bits per heavy atom. The monoisotopic (exact) mass is 796 g/mol. The molecule has 0 N–H and O–H groups in total. The fourth-order valence-electron chi connectivity index (χ4n) is 9.17. The molecule has 0 aliphatic carbocycles. The van der Waals surface area contributed by atoms with E-state index in [1.54, 1.807) is 11.3 Å². The number of rotatable bonds is 5.